The van der Waals surface area contributed by atoms with Crippen LogP contribution in [0.1, 0.15) is 44.6 Å². The van der Waals surface area contributed by atoms with Crippen LogP contribution >= 0.6 is 11.9 Å². The Morgan fingerprint density at radius 1 is 1.20 bits per heavy atom. The first-order valence-corrected chi connectivity index (χ1v) is 10.1. The van der Waals surface area contributed by atoms with Gasteiger partial charge >= 0.3 is 0 Å². The third kappa shape index (κ3) is 4.21. The van der Waals surface area contributed by atoms with Gasteiger partial charge in [0, 0.05) is 42.0 Å². The number of fused-ring (bicyclic) bond motifs is 1. The minimum atomic E-state index is 0.0779. The van der Waals surface area contributed by atoms with E-state index in [1.54, 1.807) is 0 Å². The molecule has 136 valence electrons. The van der Waals surface area contributed by atoms with E-state index in [1.807, 2.05) is 36.8 Å². The number of carbonyl (C=O) groups is 1. The van der Waals surface area contributed by atoms with Crippen molar-refractivity contribution in [3.63, 3.8) is 0 Å². The van der Waals surface area contributed by atoms with E-state index in [2.05, 4.69) is 41.3 Å². The van der Waals surface area contributed by atoms with E-state index < -0.39 is 0 Å². The van der Waals surface area contributed by atoms with Gasteiger partial charge in [-0.1, -0.05) is 13.8 Å². The predicted octanol–water partition coefficient (Wildman–Crippen LogP) is 4.63. The van der Waals surface area contributed by atoms with Crippen molar-refractivity contribution in [1.82, 2.24) is 14.2 Å². The summed E-state index contributed by atoms with van der Waals surface area (Å²) in [5, 5.41) is 1.11. The molecule has 1 amide bonds. The lowest BCUT2D eigenvalue weighted by Gasteiger charge is -2.33. The number of nitrogens with one attached hydrogen (secondary N) is 1. The van der Waals surface area contributed by atoms with Crippen molar-refractivity contribution in [1.29, 1.82) is 0 Å². The van der Waals surface area contributed by atoms with Gasteiger partial charge in [-0.05, 0) is 68.3 Å². The number of aromatic amines is 1. The average molecular weight is 360 g/mol. The van der Waals surface area contributed by atoms with Gasteiger partial charge in [-0.25, -0.2) is 4.31 Å². The van der Waals surface area contributed by atoms with Crippen LogP contribution in [-0.2, 0) is 0 Å². The Hall–Kier alpha value is -1.46. The summed E-state index contributed by atoms with van der Waals surface area (Å²) in [7, 11) is 0. The van der Waals surface area contributed by atoms with E-state index in [4.69, 9.17) is 0 Å². The molecule has 25 heavy (non-hydrogen) atoms. The molecule has 1 N–H and O–H groups in total. The molecule has 1 saturated heterocycles. The van der Waals surface area contributed by atoms with Gasteiger partial charge < -0.3 is 9.88 Å². The second kappa shape index (κ2) is 7.83. The molecular formula is C20H29N3OS. The van der Waals surface area contributed by atoms with Gasteiger partial charge in [0.25, 0.3) is 5.91 Å². The van der Waals surface area contributed by atoms with Gasteiger partial charge in [0.2, 0.25) is 0 Å². The zero-order valence-corrected chi connectivity index (χ0v) is 16.5. The zero-order valence-electron chi connectivity index (χ0n) is 15.7. The molecule has 0 aliphatic carbocycles. The Kier molecular flexibility index (Phi) is 5.74. The molecule has 1 aliphatic heterocycles. The fraction of sp³-hybridized carbons (Fsp3) is 0.550. The van der Waals surface area contributed by atoms with Crippen LogP contribution in [0.15, 0.2) is 29.2 Å². The summed E-state index contributed by atoms with van der Waals surface area (Å²) in [5.41, 5.74) is 1.71. The summed E-state index contributed by atoms with van der Waals surface area (Å²) in [6.45, 7) is 12.5. The molecule has 3 rings (SSSR count). The normalized spacial score (nSPS) is 21.6. The Morgan fingerprint density at radius 3 is 2.52 bits per heavy atom. The molecule has 4 nitrogen and oxygen atoms in total. The minimum Gasteiger partial charge on any atom is -0.351 e. The van der Waals surface area contributed by atoms with Crippen molar-refractivity contribution in [2.24, 2.45) is 11.8 Å². The second-order valence-corrected chi connectivity index (χ2v) is 8.46. The number of rotatable bonds is 5. The minimum absolute atomic E-state index is 0.0779. The Labute approximate surface area is 155 Å². The van der Waals surface area contributed by atoms with E-state index >= 15 is 0 Å². The predicted molar refractivity (Wildman–Crippen MR) is 106 cm³/mol. The number of H-pyrrole nitrogens is 1. The number of hydrogen-bond acceptors (Lipinski definition) is 3. The monoisotopic (exact) mass is 359 g/mol. The van der Waals surface area contributed by atoms with Crippen LogP contribution in [0, 0.1) is 11.8 Å². The summed E-state index contributed by atoms with van der Waals surface area (Å²) in [4.78, 5) is 18.9. The Balaban J connectivity index is 1.77. The van der Waals surface area contributed by atoms with Crippen molar-refractivity contribution >= 4 is 28.8 Å². The van der Waals surface area contributed by atoms with Gasteiger partial charge in [0.1, 0.15) is 5.69 Å². The van der Waals surface area contributed by atoms with Crippen LogP contribution in [0.3, 0.4) is 0 Å². The number of carbonyl (C=O) groups excluding carboxylic acids is 1. The maximum atomic E-state index is 12.5. The van der Waals surface area contributed by atoms with E-state index in [9.17, 15) is 4.79 Å². The van der Waals surface area contributed by atoms with Crippen LogP contribution in [0.5, 0.6) is 0 Å². The zero-order chi connectivity index (χ0) is 18.0. The van der Waals surface area contributed by atoms with Gasteiger partial charge in [-0.2, -0.15) is 0 Å². The van der Waals surface area contributed by atoms with Gasteiger partial charge in [-0.3, -0.25) is 4.79 Å². The molecule has 0 bridgehead atoms. The molecule has 1 aromatic carbocycles. The van der Waals surface area contributed by atoms with Gasteiger partial charge in [-0.15, -0.1) is 0 Å². The summed E-state index contributed by atoms with van der Waals surface area (Å²) in [6.07, 6.45) is 1.32. The first-order valence-electron chi connectivity index (χ1n) is 9.35. The molecule has 0 radical (unpaired) electrons. The number of hydrogen-bond donors (Lipinski definition) is 1. The van der Waals surface area contributed by atoms with Gasteiger partial charge in [0.05, 0.1) is 0 Å². The highest BCUT2D eigenvalue weighted by Crippen LogP contribution is 2.32. The summed E-state index contributed by atoms with van der Waals surface area (Å²) in [5.74, 6) is 1.59. The topological polar surface area (TPSA) is 39.3 Å². The molecule has 1 aliphatic rings. The Bertz CT molecular complexity index is 728. The number of aromatic nitrogens is 1. The van der Waals surface area contributed by atoms with Crippen molar-refractivity contribution in [3.8, 4) is 0 Å². The lowest BCUT2D eigenvalue weighted by atomic mass is 9.94. The molecule has 2 heterocycles. The number of nitrogens with zero attached hydrogens (tertiary/aromatic N) is 2. The highest BCUT2D eigenvalue weighted by atomic mass is 32.2. The number of amides is 1. The van der Waals surface area contributed by atoms with Crippen molar-refractivity contribution in [3.05, 3.63) is 30.0 Å². The molecule has 0 spiro atoms. The molecule has 1 aromatic heterocycles. The first-order chi connectivity index (χ1) is 12.0. The molecule has 2 unspecified atom stereocenters. The first kappa shape index (κ1) is 18.3. The van der Waals surface area contributed by atoms with Crippen LogP contribution < -0.4 is 0 Å². The highest BCUT2D eigenvalue weighted by Gasteiger charge is 2.22. The third-order valence-electron chi connectivity index (χ3n) is 4.94. The summed E-state index contributed by atoms with van der Waals surface area (Å²) >= 11 is 1.84. The SMILES string of the molecule is CCN(CC)C(=O)c1cc2cc(SN3CC(C)CC(C)C3)ccc2[nH]1. The third-order valence-corrected chi connectivity index (χ3v) is 5.96. The maximum Gasteiger partial charge on any atom is 0.270 e. The molecular weight excluding hydrogens is 330 g/mol. The molecule has 0 saturated carbocycles. The van der Waals surface area contributed by atoms with Crippen LogP contribution in [0.2, 0.25) is 0 Å². The van der Waals surface area contributed by atoms with Crippen molar-refractivity contribution in [2.75, 3.05) is 26.2 Å². The lowest BCUT2D eigenvalue weighted by Crippen LogP contribution is -2.33. The van der Waals surface area contributed by atoms with Crippen molar-refractivity contribution in [2.45, 2.75) is 39.0 Å². The van der Waals surface area contributed by atoms with Crippen LogP contribution in [-0.4, -0.2) is 46.3 Å². The molecule has 1 fully saturated rings. The molecule has 5 heteroatoms. The van der Waals surface area contributed by atoms with E-state index in [0.29, 0.717) is 5.69 Å². The summed E-state index contributed by atoms with van der Waals surface area (Å²) in [6, 6.07) is 8.42. The second-order valence-electron chi connectivity index (χ2n) is 7.29. The lowest BCUT2D eigenvalue weighted by molar-refractivity contribution is 0.0768. The van der Waals surface area contributed by atoms with E-state index in [-0.39, 0.29) is 5.91 Å². The number of piperidine rings is 1. The van der Waals surface area contributed by atoms with Crippen molar-refractivity contribution < 1.29 is 4.79 Å². The quantitative estimate of drug-likeness (QED) is 0.791. The largest absolute Gasteiger partial charge is 0.351 e. The fourth-order valence-corrected chi connectivity index (χ4v) is 5.06. The van der Waals surface area contributed by atoms with Crippen LogP contribution in [0.4, 0.5) is 0 Å². The summed E-state index contributed by atoms with van der Waals surface area (Å²) < 4.78 is 2.48. The molecule has 2 atom stereocenters. The highest BCUT2D eigenvalue weighted by molar-refractivity contribution is 7.97. The fourth-order valence-electron chi connectivity index (χ4n) is 3.79. The maximum absolute atomic E-state index is 12.5. The van der Waals surface area contributed by atoms with Gasteiger partial charge in [0.15, 0.2) is 0 Å². The Morgan fingerprint density at radius 2 is 1.88 bits per heavy atom. The van der Waals surface area contributed by atoms with E-state index in [0.717, 1.165) is 48.9 Å². The average Bonchev–Trinajstić information content (AvgIpc) is 2.98. The molecule has 2 aromatic rings. The number of benzene rings is 1. The van der Waals surface area contributed by atoms with E-state index in [1.165, 1.54) is 11.3 Å². The van der Waals surface area contributed by atoms with Crippen LogP contribution in [0.25, 0.3) is 10.9 Å². The standard InChI is InChI=1S/C20H29N3OS/c1-5-22(6-2)20(24)19-11-16-10-17(7-8-18(16)21-19)25-23-12-14(3)9-15(4)13-23/h7-8,10-11,14-15,21H,5-6,9,12-13H2,1-4H3. The smallest absolute Gasteiger partial charge is 0.270 e.